The second-order valence-corrected chi connectivity index (χ2v) is 2.89. The van der Waals surface area contributed by atoms with Gasteiger partial charge in [0, 0.05) is 0 Å². The Bertz CT molecular complexity index is 150. The van der Waals surface area contributed by atoms with Crippen LogP contribution < -0.4 is 0 Å². The van der Waals surface area contributed by atoms with Gasteiger partial charge in [0.15, 0.2) is 0 Å². The van der Waals surface area contributed by atoms with Crippen molar-refractivity contribution in [3.63, 3.8) is 0 Å². The topological polar surface area (TPSA) is 0 Å². The van der Waals surface area contributed by atoms with Gasteiger partial charge in [-0.2, -0.15) is 0 Å². The molecule has 0 fully saturated rings. The van der Waals surface area contributed by atoms with E-state index in [4.69, 9.17) is 0 Å². The summed E-state index contributed by atoms with van der Waals surface area (Å²) in [4.78, 5) is 0. The average molecular weight is 176 g/mol. The summed E-state index contributed by atoms with van der Waals surface area (Å²) in [7, 11) is 0. The molecule has 13 heavy (non-hydrogen) atoms. The van der Waals surface area contributed by atoms with Crippen molar-refractivity contribution >= 4 is 0 Å². The average Bonchev–Trinajstić information content (AvgIpc) is 2.85. The highest BCUT2D eigenvalue weighted by atomic mass is 13.8. The molecule has 0 unspecified atom stereocenters. The van der Waals surface area contributed by atoms with Crippen LogP contribution in [0.4, 0.5) is 0 Å². The molecular formula is C13H20. The van der Waals surface area contributed by atoms with Gasteiger partial charge in [0.05, 0.1) is 0 Å². The molecule has 0 saturated carbocycles. The molecule has 2 aliphatic rings. The standard InChI is InChI=1S/2C5H6.C3H8/c2*1-2-4-5-3-1;1-3-2/h2*1-4H,5H2;3H2,1-2H3. The fourth-order valence-corrected chi connectivity index (χ4v) is 0.786. The third kappa shape index (κ3) is 11.0. The van der Waals surface area contributed by atoms with Crippen LogP contribution in [0.25, 0.3) is 0 Å². The molecule has 0 aromatic carbocycles. The van der Waals surface area contributed by atoms with Gasteiger partial charge in [-0.1, -0.05) is 68.9 Å². The molecule has 0 spiro atoms. The van der Waals surface area contributed by atoms with Gasteiger partial charge in [-0.15, -0.1) is 0 Å². The van der Waals surface area contributed by atoms with Crippen molar-refractivity contribution in [3.05, 3.63) is 48.6 Å². The first-order valence-corrected chi connectivity index (χ1v) is 5.05. The summed E-state index contributed by atoms with van der Waals surface area (Å²) >= 11 is 0. The van der Waals surface area contributed by atoms with E-state index in [9.17, 15) is 0 Å². The van der Waals surface area contributed by atoms with Gasteiger partial charge in [0.25, 0.3) is 0 Å². The van der Waals surface area contributed by atoms with Crippen LogP contribution in [-0.2, 0) is 0 Å². The van der Waals surface area contributed by atoms with E-state index >= 15 is 0 Å². The van der Waals surface area contributed by atoms with E-state index in [0.717, 1.165) is 12.8 Å². The monoisotopic (exact) mass is 176 g/mol. The zero-order chi connectivity index (χ0) is 9.78. The third-order valence-electron chi connectivity index (χ3n) is 1.31. The molecule has 0 aromatic rings. The minimum atomic E-state index is 1.14. The number of hydrogen-bond donors (Lipinski definition) is 0. The Kier molecular flexibility index (Phi) is 10.1. The maximum Gasteiger partial charge on any atom is -0.0163 e. The largest absolute Gasteiger partial charge is 0.0808 e. The van der Waals surface area contributed by atoms with Gasteiger partial charge in [0.1, 0.15) is 0 Å². The van der Waals surface area contributed by atoms with Crippen molar-refractivity contribution in [1.82, 2.24) is 0 Å². The Morgan fingerprint density at radius 3 is 1.00 bits per heavy atom. The number of rotatable bonds is 0. The summed E-state index contributed by atoms with van der Waals surface area (Å²) in [6, 6.07) is 0. The van der Waals surface area contributed by atoms with E-state index in [2.05, 4.69) is 62.5 Å². The molecule has 0 aromatic heterocycles. The molecule has 0 nitrogen and oxygen atoms in total. The molecule has 2 rings (SSSR count). The van der Waals surface area contributed by atoms with Gasteiger partial charge in [-0.3, -0.25) is 0 Å². The summed E-state index contributed by atoms with van der Waals surface area (Å²) in [5, 5.41) is 0. The SMILES string of the molecule is C1=CCC=C1.C1=CCC=C1.CCC. The highest BCUT2D eigenvalue weighted by Gasteiger charge is 1.72. The Morgan fingerprint density at radius 2 is 0.923 bits per heavy atom. The predicted octanol–water partition coefficient (Wildman–Crippen LogP) is 4.42. The highest BCUT2D eigenvalue weighted by Crippen LogP contribution is 1.93. The first-order valence-electron chi connectivity index (χ1n) is 5.05. The predicted molar refractivity (Wildman–Crippen MR) is 61.8 cm³/mol. The Morgan fingerprint density at radius 1 is 0.692 bits per heavy atom. The van der Waals surface area contributed by atoms with Crippen molar-refractivity contribution in [3.8, 4) is 0 Å². The van der Waals surface area contributed by atoms with Crippen LogP contribution in [0.1, 0.15) is 33.1 Å². The molecule has 0 N–H and O–H groups in total. The first-order chi connectivity index (χ1) is 6.41. The summed E-state index contributed by atoms with van der Waals surface area (Å²) in [6.45, 7) is 4.25. The molecular weight excluding hydrogens is 156 g/mol. The van der Waals surface area contributed by atoms with Crippen LogP contribution in [0.5, 0.6) is 0 Å². The van der Waals surface area contributed by atoms with E-state index in [0.29, 0.717) is 0 Å². The van der Waals surface area contributed by atoms with Crippen LogP contribution in [-0.4, -0.2) is 0 Å². The maximum atomic E-state index is 2.12. The van der Waals surface area contributed by atoms with Gasteiger partial charge in [-0.05, 0) is 12.8 Å². The van der Waals surface area contributed by atoms with E-state index < -0.39 is 0 Å². The molecule has 0 heterocycles. The van der Waals surface area contributed by atoms with Crippen molar-refractivity contribution < 1.29 is 0 Å². The van der Waals surface area contributed by atoms with Crippen molar-refractivity contribution in [2.45, 2.75) is 33.1 Å². The summed E-state index contributed by atoms with van der Waals surface area (Å²) in [5.74, 6) is 0. The molecule has 0 bridgehead atoms. The van der Waals surface area contributed by atoms with Crippen LogP contribution in [0.2, 0.25) is 0 Å². The van der Waals surface area contributed by atoms with Gasteiger partial charge >= 0.3 is 0 Å². The van der Waals surface area contributed by atoms with Crippen molar-refractivity contribution in [2.24, 2.45) is 0 Å². The summed E-state index contributed by atoms with van der Waals surface area (Å²) < 4.78 is 0. The van der Waals surface area contributed by atoms with Crippen LogP contribution >= 0.6 is 0 Å². The lowest BCUT2D eigenvalue weighted by atomic mass is 10.5. The van der Waals surface area contributed by atoms with Crippen LogP contribution in [0.15, 0.2) is 48.6 Å². The molecule has 72 valence electrons. The second-order valence-electron chi connectivity index (χ2n) is 2.89. The molecule has 0 aliphatic heterocycles. The normalized spacial score (nSPS) is 14.9. The Labute approximate surface area is 82.4 Å². The highest BCUT2D eigenvalue weighted by molar-refractivity contribution is 5.12. The minimum Gasteiger partial charge on any atom is -0.0808 e. The fourth-order valence-electron chi connectivity index (χ4n) is 0.786. The van der Waals surface area contributed by atoms with E-state index in [1.807, 2.05) is 0 Å². The van der Waals surface area contributed by atoms with Gasteiger partial charge in [0.2, 0.25) is 0 Å². The lowest BCUT2D eigenvalue weighted by Crippen LogP contribution is -1.37. The molecule has 0 amide bonds. The smallest absolute Gasteiger partial charge is 0.0163 e. The summed E-state index contributed by atoms with van der Waals surface area (Å²) in [6.07, 6.45) is 20.2. The molecule has 0 atom stereocenters. The molecule has 2 aliphatic carbocycles. The zero-order valence-corrected chi connectivity index (χ0v) is 8.74. The molecule has 0 saturated heterocycles. The van der Waals surface area contributed by atoms with E-state index in [-0.39, 0.29) is 0 Å². The Hall–Kier alpha value is -1.04. The third-order valence-corrected chi connectivity index (χ3v) is 1.31. The van der Waals surface area contributed by atoms with Crippen molar-refractivity contribution in [1.29, 1.82) is 0 Å². The van der Waals surface area contributed by atoms with Crippen LogP contribution in [0.3, 0.4) is 0 Å². The Balaban J connectivity index is 0.000000174. The number of allylic oxidation sites excluding steroid dienone is 8. The molecule has 0 radical (unpaired) electrons. The van der Waals surface area contributed by atoms with E-state index in [1.54, 1.807) is 0 Å². The van der Waals surface area contributed by atoms with Gasteiger partial charge < -0.3 is 0 Å². The van der Waals surface area contributed by atoms with E-state index in [1.165, 1.54) is 6.42 Å². The minimum absolute atomic E-state index is 1.14. The summed E-state index contributed by atoms with van der Waals surface area (Å²) in [5.41, 5.74) is 0. The lowest BCUT2D eigenvalue weighted by Gasteiger charge is -1.57. The number of hydrogen-bond acceptors (Lipinski definition) is 0. The van der Waals surface area contributed by atoms with Crippen molar-refractivity contribution in [2.75, 3.05) is 0 Å². The lowest BCUT2D eigenvalue weighted by molar-refractivity contribution is 1.09. The molecule has 0 heteroatoms. The fraction of sp³-hybridized carbons (Fsp3) is 0.385. The quantitative estimate of drug-likeness (QED) is 0.512. The zero-order valence-electron chi connectivity index (χ0n) is 8.74. The maximum absolute atomic E-state index is 2.12. The van der Waals surface area contributed by atoms with Gasteiger partial charge in [-0.25, -0.2) is 0 Å². The van der Waals surface area contributed by atoms with Crippen LogP contribution in [0, 0.1) is 0 Å². The first kappa shape index (κ1) is 12.0. The second kappa shape index (κ2) is 11.0.